The molecule has 0 atom stereocenters. The summed E-state index contributed by atoms with van der Waals surface area (Å²) in [6.07, 6.45) is 2.45. The largest absolute Gasteiger partial charge is 4.00 e. The first kappa shape index (κ1) is 45.8. The van der Waals surface area contributed by atoms with E-state index in [0.29, 0.717) is 11.1 Å². The summed E-state index contributed by atoms with van der Waals surface area (Å²) in [6, 6.07) is 26.7. The van der Waals surface area contributed by atoms with Crippen LogP contribution in [0.3, 0.4) is 0 Å². The Kier molecular flexibility index (Phi) is 22.3. The summed E-state index contributed by atoms with van der Waals surface area (Å²) in [5.74, 6) is -0.0863. The van der Waals surface area contributed by atoms with Crippen LogP contribution in [0.5, 0.6) is 11.5 Å². The summed E-state index contributed by atoms with van der Waals surface area (Å²) in [7, 11) is 3.16. The summed E-state index contributed by atoms with van der Waals surface area (Å²) >= 11 is 0. The third-order valence-corrected chi connectivity index (χ3v) is 9.35. The van der Waals surface area contributed by atoms with Gasteiger partial charge >= 0.3 is 21.7 Å². The maximum atomic E-state index is 12.7. The van der Waals surface area contributed by atoms with Crippen molar-refractivity contribution in [2.24, 2.45) is 9.98 Å². The van der Waals surface area contributed by atoms with E-state index >= 15 is 0 Å². The third-order valence-electron chi connectivity index (χ3n) is 6.89. The zero-order chi connectivity index (χ0) is 37.1. The Morgan fingerprint density at radius 1 is 0.569 bits per heavy atom. The molecule has 270 valence electrons. The molecule has 0 unspecified atom stereocenters. The minimum Gasteiger partial charge on any atom is -0.872 e. The Morgan fingerprint density at radius 2 is 0.882 bits per heavy atom. The number of nitrogens with zero attached hydrogens (tertiary/aromatic N) is 4. The summed E-state index contributed by atoms with van der Waals surface area (Å²) in [5.41, 5.74) is 4.54. The van der Waals surface area contributed by atoms with Crippen molar-refractivity contribution < 1.29 is 42.1 Å². The van der Waals surface area contributed by atoms with Gasteiger partial charge in [0.2, 0.25) is 0 Å². The average molecular weight is 763 g/mol. The molecule has 4 aromatic rings. The molecule has 0 aliphatic heterocycles. The monoisotopic (exact) mass is 762 g/mol. The zero-order valence-electron chi connectivity index (χ0n) is 31.0. The smallest absolute Gasteiger partial charge is 0.872 e. The molecule has 0 amide bonds. The van der Waals surface area contributed by atoms with E-state index in [1.165, 1.54) is 0 Å². The van der Waals surface area contributed by atoms with Crippen LogP contribution in [0.25, 0.3) is 0 Å². The molecular weight excluding hydrogens is 712 g/mol. The molecule has 11 heteroatoms. The fraction of sp³-hybridized carbons (Fsp3) is 0.350. The van der Waals surface area contributed by atoms with Crippen molar-refractivity contribution in [1.82, 2.24) is 0 Å². The van der Waals surface area contributed by atoms with Crippen LogP contribution in [0.2, 0.25) is 0 Å². The fourth-order valence-electron chi connectivity index (χ4n) is 4.47. The number of anilines is 2. The van der Waals surface area contributed by atoms with E-state index < -0.39 is 12.2 Å². The van der Waals surface area contributed by atoms with Crippen LogP contribution >= 0.6 is 21.6 Å². The van der Waals surface area contributed by atoms with Crippen molar-refractivity contribution in [3.05, 3.63) is 96.1 Å². The van der Waals surface area contributed by atoms with Crippen molar-refractivity contribution in [2.75, 3.05) is 36.0 Å². The summed E-state index contributed by atoms with van der Waals surface area (Å²) in [5, 5.41) is 44.5. The molecule has 4 aromatic carbocycles. The molecule has 0 aromatic heterocycles. The second-order valence-corrected chi connectivity index (χ2v) is 13.7. The predicted molar refractivity (Wildman–Crippen MR) is 208 cm³/mol. The van der Waals surface area contributed by atoms with Gasteiger partial charge in [0.1, 0.15) is 0 Å². The fourth-order valence-corrected chi connectivity index (χ4v) is 6.71. The van der Waals surface area contributed by atoms with Crippen LogP contribution in [-0.2, 0) is 21.7 Å². The molecule has 0 radical (unpaired) electrons. The minimum absolute atomic E-state index is 0. The molecule has 51 heavy (non-hydrogen) atoms. The zero-order valence-corrected chi connectivity index (χ0v) is 34.2. The molecule has 4 rings (SSSR count). The first-order valence-corrected chi connectivity index (χ1v) is 19.1. The van der Waals surface area contributed by atoms with Gasteiger partial charge in [-0.05, 0) is 87.4 Å². The molecular formula is C40H50N4O4S2Ti. The minimum atomic E-state index is -0.417. The van der Waals surface area contributed by atoms with E-state index in [1.807, 2.05) is 72.8 Å². The van der Waals surface area contributed by atoms with E-state index in [0.717, 1.165) is 58.7 Å². The summed E-state index contributed by atoms with van der Waals surface area (Å²) in [4.78, 5) is 15.6. The molecule has 0 saturated carbocycles. The number of hydrogen-bond acceptors (Lipinski definition) is 10. The molecule has 0 spiro atoms. The SMILES string of the molecule is CC(C)[O-].CC(C)[O-].CCN(CC)c1ccc(C=Nc2ccccc2SSc2ccccc2N=Cc2ccc(N(CC)CC)cc2[O-])c([O-])c1.[Ti+4]. The standard InChI is InChI=1S/C34H38N4O2S2.2C3H7O.Ti/c1-5-37(6-2)27-19-17-25(31(39)21-27)23-35-29-13-9-11-15-33(29)41-42-34-16-12-10-14-30(34)36-24-26-18-20-28(22-32(26)40)38(7-3)8-4;2*1-3(2)4;/h9-24,39-40H,5-8H2,1-4H3;2*3H,1-2H3;/q;2*-1;+4/p-2. The van der Waals surface area contributed by atoms with Gasteiger partial charge in [0, 0.05) is 59.8 Å². The quantitative estimate of drug-likeness (QED) is 0.0789. The van der Waals surface area contributed by atoms with E-state index in [-0.39, 0.29) is 33.2 Å². The first-order valence-electron chi connectivity index (χ1n) is 17.0. The van der Waals surface area contributed by atoms with Crippen molar-refractivity contribution in [3.63, 3.8) is 0 Å². The Balaban J connectivity index is 0.00000131. The van der Waals surface area contributed by atoms with Crippen LogP contribution in [0.1, 0.15) is 66.5 Å². The maximum Gasteiger partial charge on any atom is 4.00 e. The third kappa shape index (κ3) is 16.3. The van der Waals surface area contributed by atoms with Gasteiger partial charge < -0.3 is 30.2 Å². The number of benzene rings is 4. The first-order chi connectivity index (χ1) is 23.9. The molecule has 0 aliphatic carbocycles. The van der Waals surface area contributed by atoms with E-state index in [1.54, 1.807) is 73.8 Å². The van der Waals surface area contributed by atoms with E-state index in [9.17, 15) is 20.4 Å². The van der Waals surface area contributed by atoms with Crippen molar-refractivity contribution in [1.29, 1.82) is 0 Å². The molecule has 0 saturated heterocycles. The summed E-state index contributed by atoms with van der Waals surface area (Å²) < 4.78 is 0. The van der Waals surface area contributed by atoms with Gasteiger partial charge in [-0.1, -0.05) is 97.2 Å². The Labute approximate surface area is 328 Å². The topological polar surface area (TPSA) is 123 Å². The van der Waals surface area contributed by atoms with Gasteiger partial charge in [-0.3, -0.25) is 9.98 Å². The van der Waals surface area contributed by atoms with Crippen LogP contribution in [-0.4, -0.2) is 50.8 Å². The Bertz CT molecular complexity index is 1520. The molecule has 0 N–H and O–H groups in total. The van der Waals surface area contributed by atoms with Crippen LogP contribution in [0.15, 0.2) is 105 Å². The van der Waals surface area contributed by atoms with Crippen molar-refractivity contribution >= 4 is 56.8 Å². The van der Waals surface area contributed by atoms with Gasteiger partial charge in [0.05, 0.1) is 11.4 Å². The van der Waals surface area contributed by atoms with Crippen LogP contribution < -0.4 is 30.2 Å². The van der Waals surface area contributed by atoms with E-state index in [4.69, 9.17) is 0 Å². The maximum absolute atomic E-state index is 12.7. The Hall–Kier alpha value is -3.25. The van der Waals surface area contributed by atoms with Gasteiger partial charge in [-0.25, -0.2) is 0 Å². The molecule has 0 heterocycles. The molecule has 0 fully saturated rings. The van der Waals surface area contributed by atoms with Gasteiger partial charge in [-0.2, -0.15) is 0 Å². The number of aliphatic imine (C=N–C) groups is 2. The van der Waals surface area contributed by atoms with Crippen LogP contribution in [0.4, 0.5) is 22.7 Å². The van der Waals surface area contributed by atoms with Gasteiger partial charge in [0.15, 0.2) is 0 Å². The normalized spacial score (nSPS) is 10.8. The van der Waals surface area contributed by atoms with E-state index in [2.05, 4.69) is 47.5 Å². The number of hydrogen-bond donors (Lipinski definition) is 0. The number of rotatable bonds is 13. The van der Waals surface area contributed by atoms with Gasteiger partial charge in [0.25, 0.3) is 0 Å². The summed E-state index contributed by atoms with van der Waals surface area (Å²) in [6.45, 7) is 18.2. The average Bonchev–Trinajstić information content (AvgIpc) is 3.08. The number of para-hydroxylation sites is 2. The van der Waals surface area contributed by atoms with Crippen LogP contribution in [0, 0.1) is 0 Å². The second kappa shape index (κ2) is 24.9. The second-order valence-electron chi connectivity index (χ2n) is 11.5. The predicted octanol–water partition coefficient (Wildman–Crippen LogP) is 7.33. The van der Waals surface area contributed by atoms with Crippen molar-refractivity contribution in [2.45, 2.75) is 77.4 Å². The van der Waals surface area contributed by atoms with Gasteiger partial charge in [-0.15, -0.1) is 12.2 Å². The van der Waals surface area contributed by atoms with Crippen molar-refractivity contribution in [3.8, 4) is 11.5 Å². The molecule has 0 bridgehead atoms. The Morgan fingerprint density at radius 3 is 1.18 bits per heavy atom. The molecule has 0 aliphatic rings. The molecule has 8 nitrogen and oxygen atoms in total.